The van der Waals surface area contributed by atoms with Gasteiger partial charge in [0.1, 0.15) is 5.75 Å². The average molecular weight is 262 g/mol. The largest absolute Gasteiger partial charge is 0.496 e. The summed E-state index contributed by atoms with van der Waals surface area (Å²) in [5, 5.41) is 3.44. The number of hydrogen-bond acceptors (Lipinski definition) is 3. The molecule has 2 rings (SSSR count). The maximum atomic E-state index is 5.50. The Morgan fingerprint density at radius 1 is 1.32 bits per heavy atom. The van der Waals surface area contributed by atoms with Gasteiger partial charge in [-0.2, -0.15) is 0 Å². The maximum Gasteiger partial charge on any atom is 0.125 e. The highest BCUT2D eigenvalue weighted by Gasteiger charge is 2.19. The molecule has 3 heteroatoms. The first-order valence-electron chi connectivity index (χ1n) is 7.11. The fourth-order valence-corrected chi connectivity index (χ4v) is 3.10. The van der Waals surface area contributed by atoms with Crippen molar-refractivity contribution in [1.82, 2.24) is 5.32 Å². The van der Waals surface area contributed by atoms with E-state index in [1.807, 2.05) is 0 Å². The van der Waals surface area contributed by atoms with Crippen molar-refractivity contribution in [1.29, 1.82) is 0 Å². The van der Waals surface area contributed by atoms with Crippen molar-refractivity contribution in [2.24, 2.45) is 5.92 Å². The molecule has 0 radical (unpaired) electrons. The smallest absolute Gasteiger partial charge is 0.125 e. The van der Waals surface area contributed by atoms with Crippen molar-refractivity contribution in [3.63, 3.8) is 0 Å². The van der Waals surface area contributed by atoms with Crippen molar-refractivity contribution in [2.75, 3.05) is 38.7 Å². The van der Waals surface area contributed by atoms with Crippen LogP contribution in [0.1, 0.15) is 23.1 Å². The SMILES string of the molecule is COc1c(C)cc(N(C)CC2CCNC2)c(C)c1C. The monoisotopic (exact) mass is 262 g/mol. The zero-order valence-corrected chi connectivity index (χ0v) is 12.8. The van der Waals surface area contributed by atoms with Gasteiger partial charge in [0.05, 0.1) is 7.11 Å². The normalized spacial score (nSPS) is 18.7. The van der Waals surface area contributed by atoms with E-state index in [9.17, 15) is 0 Å². The summed E-state index contributed by atoms with van der Waals surface area (Å²) in [5.74, 6) is 1.80. The number of aryl methyl sites for hydroxylation is 1. The molecule has 1 aromatic rings. The molecule has 0 aromatic heterocycles. The van der Waals surface area contributed by atoms with E-state index in [0.29, 0.717) is 0 Å². The van der Waals surface area contributed by atoms with E-state index in [1.165, 1.54) is 28.8 Å². The number of methoxy groups -OCH3 is 1. The quantitative estimate of drug-likeness (QED) is 0.903. The summed E-state index contributed by atoms with van der Waals surface area (Å²) >= 11 is 0. The van der Waals surface area contributed by atoms with Gasteiger partial charge in [-0.25, -0.2) is 0 Å². The van der Waals surface area contributed by atoms with Crippen LogP contribution < -0.4 is 15.0 Å². The van der Waals surface area contributed by atoms with Gasteiger partial charge in [-0.15, -0.1) is 0 Å². The first-order chi connectivity index (χ1) is 9.04. The molecule has 1 atom stereocenters. The molecule has 1 unspecified atom stereocenters. The Hall–Kier alpha value is -1.22. The summed E-state index contributed by atoms with van der Waals surface area (Å²) in [7, 11) is 3.95. The molecule has 1 heterocycles. The van der Waals surface area contributed by atoms with Crippen molar-refractivity contribution in [2.45, 2.75) is 27.2 Å². The Kier molecular flexibility index (Phi) is 4.35. The summed E-state index contributed by atoms with van der Waals surface area (Å²) < 4.78 is 5.50. The lowest BCUT2D eigenvalue weighted by Crippen LogP contribution is -2.27. The first kappa shape index (κ1) is 14.2. The van der Waals surface area contributed by atoms with Crippen LogP contribution in [0, 0.1) is 26.7 Å². The summed E-state index contributed by atoms with van der Waals surface area (Å²) in [6, 6.07) is 2.25. The Balaban J connectivity index is 2.23. The molecule has 1 aliphatic rings. The van der Waals surface area contributed by atoms with Crippen LogP contribution in [0.5, 0.6) is 5.75 Å². The van der Waals surface area contributed by atoms with Gasteiger partial charge in [-0.3, -0.25) is 0 Å². The Bertz CT molecular complexity index is 451. The van der Waals surface area contributed by atoms with Crippen LogP contribution in [0.25, 0.3) is 0 Å². The summed E-state index contributed by atoms with van der Waals surface area (Å²) in [6.45, 7) is 9.90. The van der Waals surface area contributed by atoms with Crippen molar-refractivity contribution >= 4 is 5.69 Å². The average Bonchev–Trinajstić information content (AvgIpc) is 2.87. The van der Waals surface area contributed by atoms with Crippen LogP contribution in [0.4, 0.5) is 5.69 Å². The molecule has 106 valence electrons. The molecule has 1 aliphatic heterocycles. The van der Waals surface area contributed by atoms with E-state index in [1.54, 1.807) is 7.11 Å². The predicted molar refractivity (Wildman–Crippen MR) is 81.5 cm³/mol. The van der Waals surface area contributed by atoms with Gasteiger partial charge in [0.15, 0.2) is 0 Å². The van der Waals surface area contributed by atoms with E-state index < -0.39 is 0 Å². The highest BCUT2D eigenvalue weighted by molar-refractivity contribution is 5.62. The zero-order chi connectivity index (χ0) is 14.0. The minimum Gasteiger partial charge on any atom is -0.496 e. The zero-order valence-electron chi connectivity index (χ0n) is 12.8. The second-order valence-corrected chi connectivity index (χ2v) is 5.74. The second kappa shape index (κ2) is 5.83. The van der Waals surface area contributed by atoms with Gasteiger partial charge in [0, 0.05) is 19.3 Å². The highest BCUT2D eigenvalue weighted by Crippen LogP contribution is 2.33. The molecule has 0 amide bonds. The van der Waals surface area contributed by atoms with Crippen LogP contribution in [0.3, 0.4) is 0 Å². The van der Waals surface area contributed by atoms with Crippen molar-refractivity contribution in [3.05, 3.63) is 22.8 Å². The van der Waals surface area contributed by atoms with Crippen LogP contribution in [-0.2, 0) is 0 Å². The van der Waals surface area contributed by atoms with Gasteiger partial charge in [-0.05, 0) is 69.0 Å². The Labute approximate surface area is 116 Å². The summed E-state index contributed by atoms with van der Waals surface area (Å²) in [5.41, 5.74) is 5.14. The fraction of sp³-hybridized carbons (Fsp3) is 0.625. The van der Waals surface area contributed by atoms with E-state index in [0.717, 1.165) is 31.3 Å². The van der Waals surface area contributed by atoms with Crippen LogP contribution in [0.2, 0.25) is 0 Å². The number of anilines is 1. The molecule has 1 saturated heterocycles. The van der Waals surface area contributed by atoms with E-state index in [-0.39, 0.29) is 0 Å². The topological polar surface area (TPSA) is 24.5 Å². The number of nitrogens with one attached hydrogen (secondary N) is 1. The number of hydrogen-bond donors (Lipinski definition) is 1. The summed E-state index contributed by atoms with van der Waals surface area (Å²) in [4.78, 5) is 2.40. The molecule has 1 N–H and O–H groups in total. The molecule has 0 saturated carbocycles. The van der Waals surface area contributed by atoms with Crippen molar-refractivity contribution < 1.29 is 4.74 Å². The first-order valence-corrected chi connectivity index (χ1v) is 7.11. The van der Waals surface area contributed by atoms with Gasteiger partial charge >= 0.3 is 0 Å². The molecule has 0 spiro atoms. The van der Waals surface area contributed by atoms with Crippen LogP contribution in [-0.4, -0.2) is 33.8 Å². The Morgan fingerprint density at radius 3 is 2.63 bits per heavy atom. The summed E-state index contributed by atoms with van der Waals surface area (Å²) in [6.07, 6.45) is 1.29. The molecule has 1 aromatic carbocycles. The lowest BCUT2D eigenvalue weighted by Gasteiger charge is -2.27. The molecule has 0 bridgehead atoms. The molecule has 0 aliphatic carbocycles. The van der Waals surface area contributed by atoms with Gasteiger partial charge in [0.25, 0.3) is 0 Å². The van der Waals surface area contributed by atoms with Crippen LogP contribution >= 0.6 is 0 Å². The highest BCUT2D eigenvalue weighted by atomic mass is 16.5. The molecule has 19 heavy (non-hydrogen) atoms. The lowest BCUT2D eigenvalue weighted by atomic mass is 10.0. The Morgan fingerprint density at radius 2 is 2.05 bits per heavy atom. The van der Waals surface area contributed by atoms with Crippen LogP contribution in [0.15, 0.2) is 6.07 Å². The molecule has 3 nitrogen and oxygen atoms in total. The number of nitrogens with zero attached hydrogens (tertiary/aromatic N) is 1. The predicted octanol–water partition coefficient (Wildman–Crippen LogP) is 2.67. The third kappa shape index (κ3) is 2.86. The van der Waals surface area contributed by atoms with Gasteiger partial charge < -0.3 is 15.0 Å². The number of benzene rings is 1. The fourth-order valence-electron chi connectivity index (χ4n) is 3.10. The number of ether oxygens (including phenoxy) is 1. The minimum absolute atomic E-state index is 0.770. The molecule has 1 fully saturated rings. The van der Waals surface area contributed by atoms with E-state index >= 15 is 0 Å². The lowest BCUT2D eigenvalue weighted by molar-refractivity contribution is 0.408. The second-order valence-electron chi connectivity index (χ2n) is 5.74. The van der Waals surface area contributed by atoms with Crippen molar-refractivity contribution in [3.8, 4) is 5.75 Å². The van der Waals surface area contributed by atoms with E-state index in [4.69, 9.17) is 4.74 Å². The number of rotatable bonds is 4. The third-order valence-electron chi connectivity index (χ3n) is 4.31. The van der Waals surface area contributed by atoms with Gasteiger partial charge in [0.2, 0.25) is 0 Å². The minimum atomic E-state index is 0.770. The van der Waals surface area contributed by atoms with Gasteiger partial charge in [-0.1, -0.05) is 0 Å². The third-order valence-corrected chi connectivity index (χ3v) is 4.31. The van der Waals surface area contributed by atoms with E-state index in [2.05, 4.69) is 44.1 Å². The maximum absolute atomic E-state index is 5.50. The molecular weight excluding hydrogens is 236 g/mol. The standard InChI is InChI=1S/C16H26N2O/c1-11-8-15(12(2)13(3)16(11)19-5)18(4)10-14-6-7-17-9-14/h8,14,17H,6-7,9-10H2,1-5H3. The molecular formula is C16H26N2O.